The minimum Gasteiger partial charge on any atom is -0.478 e. The van der Waals surface area contributed by atoms with Gasteiger partial charge in [0.25, 0.3) is 0 Å². The van der Waals surface area contributed by atoms with E-state index < -0.39 is 17.7 Å². The monoisotopic (exact) mass is 374 g/mol. The molecule has 0 unspecified atom stereocenters. The molecule has 0 radical (unpaired) electrons. The first-order chi connectivity index (χ1) is 12.8. The molecule has 7 heteroatoms. The number of rotatable bonds is 3. The fraction of sp³-hybridized carbons (Fsp3) is 0.300. The van der Waals surface area contributed by atoms with Gasteiger partial charge in [-0.2, -0.15) is 13.2 Å². The van der Waals surface area contributed by atoms with Gasteiger partial charge in [-0.25, -0.2) is 9.78 Å². The Kier molecular flexibility index (Phi) is 4.17. The van der Waals surface area contributed by atoms with E-state index in [1.54, 1.807) is 12.1 Å². The lowest BCUT2D eigenvalue weighted by molar-refractivity contribution is -0.137. The van der Waals surface area contributed by atoms with E-state index in [4.69, 9.17) is 0 Å². The Morgan fingerprint density at radius 3 is 2.52 bits per heavy atom. The number of aromatic nitrogens is 2. The van der Waals surface area contributed by atoms with Crippen LogP contribution in [0, 0.1) is 0 Å². The Bertz CT molecular complexity index is 1020. The molecule has 0 amide bonds. The smallest absolute Gasteiger partial charge is 0.416 e. The van der Waals surface area contributed by atoms with Crippen LogP contribution >= 0.6 is 0 Å². The Balaban J connectivity index is 1.93. The quantitative estimate of drug-likeness (QED) is 0.655. The van der Waals surface area contributed by atoms with Crippen molar-refractivity contribution < 1.29 is 23.1 Å². The second-order valence-electron chi connectivity index (χ2n) is 6.83. The Morgan fingerprint density at radius 1 is 1.11 bits per heavy atom. The van der Waals surface area contributed by atoms with Crippen LogP contribution in [0.4, 0.5) is 13.2 Å². The minimum absolute atomic E-state index is 0.106. The number of alkyl halides is 3. The third-order valence-corrected chi connectivity index (χ3v) is 5.07. The maximum absolute atomic E-state index is 13.1. The zero-order chi connectivity index (χ0) is 19.2. The molecule has 27 heavy (non-hydrogen) atoms. The molecule has 140 valence electrons. The van der Waals surface area contributed by atoms with E-state index >= 15 is 0 Å². The fourth-order valence-electron chi connectivity index (χ4n) is 3.80. The van der Waals surface area contributed by atoms with E-state index in [1.807, 2.05) is 4.57 Å². The zero-order valence-corrected chi connectivity index (χ0v) is 14.3. The molecular weight excluding hydrogens is 357 g/mol. The molecule has 0 atom stereocenters. The second-order valence-corrected chi connectivity index (χ2v) is 6.83. The Morgan fingerprint density at radius 2 is 1.85 bits per heavy atom. The van der Waals surface area contributed by atoms with Crippen molar-refractivity contribution in [1.29, 1.82) is 0 Å². The molecule has 1 aliphatic rings. The molecule has 0 saturated heterocycles. The molecule has 1 saturated carbocycles. The lowest BCUT2D eigenvalue weighted by atomic mass is 10.1. The predicted molar refractivity (Wildman–Crippen MR) is 94.6 cm³/mol. The number of halogens is 3. The van der Waals surface area contributed by atoms with Gasteiger partial charge < -0.3 is 9.67 Å². The van der Waals surface area contributed by atoms with Crippen LogP contribution in [-0.2, 0) is 6.18 Å². The van der Waals surface area contributed by atoms with Crippen molar-refractivity contribution in [3.05, 3.63) is 53.6 Å². The van der Waals surface area contributed by atoms with Crippen molar-refractivity contribution >= 4 is 17.0 Å². The fourth-order valence-corrected chi connectivity index (χ4v) is 3.80. The normalized spacial score (nSPS) is 15.5. The van der Waals surface area contributed by atoms with Gasteiger partial charge in [-0.1, -0.05) is 25.0 Å². The maximum Gasteiger partial charge on any atom is 0.416 e. The molecule has 1 aromatic heterocycles. The average molecular weight is 374 g/mol. The van der Waals surface area contributed by atoms with Crippen molar-refractivity contribution in [2.45, 2.75) is 37.9 Å². The van der Waals surface area contributed by atoms with E-state index in [0.717, 1.165) is 43.3 Å². The van der Waals surface area contributed by atoms with Gasteiger partial charge in [0.2, 0.25) is 0 Å². The molecule has 2 aromatic carbocycles. The van der Waals surface area contributed by atoms with Gasteiger partial charge in [-0.05, 0) is 43.2 Å². The molecule has 4 nitrogen and oxygen atoms in total. The number of hydrogen-bond acceptors (Lipinski definition) is 2. The number of carboxylic acids is 1. The lowest BCUT2D eigenvalue weighted by Gasteiger charge is -2.17. The van der Waals surface area contributed by atoms with Crippen LogP contribution in [0.15, 0.2) is 42.5 Å². The van der Waals surface area contributed by atoms with Gasteiger partial charge in [-0.3, -0.25) is 0 Å². The molecule has 0 bridgehead atoms. The highest BCUT2D eigenvalue weighted by Gasteiger charge is 2.31. The summed E-state index contributed by atoms with van der Waals surface area (Å²) in [6, 6.07) is 9.95. The molecule has 1 aliphatic carbocycles. The highest BCUT2D eigenvalue weighted by molar-refractivity contribution is 5.93. The van der Waals surface area contributed by atoms with Crippen molar-refractivity contribution in [1.82, 2.24) is 9.55 Å². The van der Waals surface area contributed by atoms with E-state index in [0.29, 0.717) is 16.9 Å². The second kappa shape index (κ2) is 6.40. The highest BCUT2D eigenvalue weighted by Crippen LogP contribution is 2.38. The topological polar surface area (TPSA) is 55.1 Å². The van der Waals surface area contributed by atoms with Crippen molar-refractivity contribution in [3.63, 3.8) is 0 Å². The molecule has 1 fully saturated rings. The van der Waals surface area contributed by atoms with E-state index in [2.05, 4.69) is 4.98 Å². The predicted octanol–water partition coefficient (Wildman–Crippen LogP) is 5.54. The average Bonchev–Trinajstić information content (AvgIpc) is 3.27. The highest BCUT2D eigenvalue weighted by atomic mass is 19.4. The van der Waals surface area contributed by atoms with E-state index in [9.17, 15) is 23.1 Å². The van der Waals surface area contributed by atoms with Gasteiger partial charge in [0.05, 0.1) is 22.2 Å². The van der Waals surface area contributed by atoms with Gasteiger partial charge in [0.15, 0.2) is 0 Å². The standard InChI is InChI=1S/C20H17F3N2O2/c21-20(22,23)14-5-3-4-12(10-14)18-24-16-11-13(19(26)27)8-9-17(16)25(18)15-6-1-2-7-15/h3-5,8-11,15H,1-2,6-7H2,(H,26,27). The van der Waals surface area contributed by atoms with Gasteiger partial charge in [-0.15, -0.1) is 0 Å². The van der Waals surface area contributed by atoms with Crippen molar-refractivity contribution in [2.24, 2.45) is 0 Å². The first-order valence-electron chi connectivity index (χ1n) is 8.77. The number of carbonyl (C=O) groups is 1. The number of carboxylic acid groups (broad SMARTS) is 1. The van der Waals surface area contributed by atoms with Gasteiger partial charge in [0, 0.05) is 11.6 Å². The number of imidazole rings is 1. The first kappa shape index (κ1) is 17.6. The van der Waals surface area contributed by atoms with Gasteiger partial charge >= 0.3 is 12.1 Å². The lowest BCUT2D eigenvalue weighted by Crippen LogP contribution is -2.08. The van der Waals surface area contributed by atoms with Gasteiger partial charge in [0.1, 0.15) is 5.82 Å². The van der Waals surface area contributed by atoms with Crippen LogP contribution < -0.4 is 0 Å². The van der Waals surface area contributed by atoms with Crippen LogP contribution in [0.1, 0.15) is 47.6 Å². The number of aromatic carboxylic acids is 1. The van der Waals surface area contributed by atoms with Crippen LogP contribution in [-0.4, -0.2) is 20.6 Å². The van der Waals surface area contributed by atoms with Crippen LogP contribution in [0.2, 0.25) is 0 Å². The molecule has 1 heterocycles. The zero-order valence-electron chi connectivity index (χ0n) is 14.3. The summed E-state index contributed by atoms with van der Waals surface area (Å²) in [4.78, 5) is 15.8. The molecule has 0 spiro atoms. The number of hydrogen-bond donors (Lipinski definition) is 1. The molecular formula is C20H17F3N2O2. The summed E-state index contributed by atoms with van der Waals surface area (Å²) >= 11 is 0. The van der Waals surface area contributed by atoms with Crippen molar-refractivity contribution in [3.8, 4) is 11.4 Å². The summed E-state index contributed by atoms with van der Waals surface area (Å²) in [5.41, 5.74) is 0.990. The van der Waals surface area contributed by atoms with Crippen molar-refractivity contribution in [2.75, 3.05) is 0 Å². The maximum atomic E-state index is 13.1. The largest absolute Gasteiger partial charge is 0.478 e. The van der Waals surface area contributed by atoms with Crippen LogP contribution in [0.25, 0.3) is 22.4 Å². The number of fused-ring (bicyclic) bond motifs is 1. The summed E-state index contributed by atoms with van der Waals surface area (Å²) < 4.78 is 41.4. The van der Waals surface area contributed by atoms with Crippen LogP contribution in [0.5, 0.6) is 0 Å². The van der Waals surface area contributed by atoms with E-state index in [-0.39, 0.29) is 11.6 Å². The third-order valence-electron chi connectivity index (χ3n) is 5.07. The Labute approximate surface area is 153 Å². The molecule has 0 aliphatic heterocycles. The molecule has 3 aromatic rings. The Hall–Kier alpha value is -2.83. The SMILES string of the molecule is O=C(O)c1ccc2c(c1)nc(-c1cccc(C(F)(F)F)c1)n2C1CCCC1. The third kappa shape index (κ3) is 3.18. The number of nitrogens with zero attached hydrogens (tertiary/aromatic N) is 2. The van der Waals surface area contributed by atoms with Crippen LogP contribution in [0.3, 0.4) is 0 Å². The van der Waals surface area contributed by atoms with E-state index in [1.165, 1.54) is 18.2 Å². The summed E-state index contributed by atoms with van der Waals surface area (Å²) in [6.07, 6.45) is -0.466. The first-order valence-corrected chi connectivity index (χ1v) is 8.77. The summed E-state index contributed by atoms with van der Waals surface area (Å²) in [7, 11) is 0. The summed E-state index contributed by atoms with van der Waals surface area (Å²) in [5.74, 6) is -0.613. The summed E-state index contributed by atoms with van der Waals surface area (Å²) in [6.45, 7) is 0. The minimum atomic E-state index is -4.43. The summed E-state index contributed by atoms with van der Waals surface area (Å²) in [5, 5.41) is 9.22. The number of benzene rings is 2. The molecule has 4 rings (SSSR count). The molecule has 1 N–H and O–H groups in total.